The number of aromatic hydroxyl groups is 1. The lowest BCUT2D eigenvalue weighted by Gasteiger charge is -1.93. The molecule has 15 heavy (non-hydrogen) atoms. The molecule has 0 fully saturated rings. The van der Waals surface area contributed by atoms with E-state index in [0.717, 1.165) is 5.56 Å². The van der Waals surface area contributed by atoms with Crippen LogP contribution in [-0.4, -0.2) is 27.0 Å². The third-order valence-electron chi connectivity index (χ3n) is 1.92. The van der Waals surface area contributed by atoms with E-state index < -0.39 is 0 Å². The predicted octanol–water partition coefficient (Wildman–Crippen LogP) is 0.977. The number of phenols is 1. The molecule has 5 heteroatoms. The molecule has 2 aromatic rings. The number of rotatable bonds is 3. The molecule has 0 saturated heterocycles. The largest absolute Gasteiger partial charge is 0.508 e. The summed E-state index contributed by atoms with van der Waals surface area (Å²) in [6.45, 7) is -0.0167. The number of hydrogen-bond acceptors (Lipinski definition) is 5. The molecule has 1 aromatic carbocycles. The summed E-state index contributed by atoms with van der Waals surface area (Å²) in [7, 11) is 0. The Morgan fingerprint density at radius 3 is 2.60 bits per heavy atom. The van der Waals surface area contributed by atoms with Crippen molar-refractivity contribution in [2.45, 2.75) is 6.42 Å². The van der Waals surface area contributed by atoms with Crippen LogP contribution in [-0.2, 0) is 6.42 Å². The van der Waals surface area contributed by atoms with E-state index in [4.69, 9.17) is 14.7 Å². The Hall–Kier alpha value is -1.88. The fourth-order valence-electron chi connectivity index (χ4n) is 1.18. The van der Waals surface area contributed by atoms with Crippen molar-refractivity contribution in [3.05, 3.63) is 30.2 Å². The highest BCUT2D eigenvalue weighted by Gasteiger charge is 2.07. The van der Waals surface area contributed by atoms with Crippen LogP contribution in [0.4, 0.5) is 0 Å². The van der Waals surface area contributed by atoms with Crippen molar-refractivity contribution in [2.75, 3.05) is 6.61 Å². The van der Waals surface area contributed by atoms with Crippen molar-refractivity contribution >= 4 is 0 Å². The molecular formula is C10H10N2O3. The van der Waals surface area contributed by atoms with Gasteiger partial charge in [0.15, 0.2) is 0 Å². The van der Waals surface area contributed by atoms with Gasteiger partial charge in [-0.25, -0.2) is 0 Å². The van der Waals surface area contributed by atoms with E-state index in [1.165, 1.54) is 0 Å². The maximum Gasteiger partial charge on any atom is 0.229 e. The molecule has 0 radical (unpaired) electrons. The maximum atomic E-state index is 9.10. The van der Waals surface area contributed by atoms with Gasteiger partial charge >= 0.3 is 0 Å². The molecule has 0 aliphatic carbocycles. The first-order valence-corrected chi connectivity index (χ1v) is 4.52. The van der Waals surface area contributed by atoms with Crippen LogP contribution < -0.4 is 0 Å². The van der Waals surface area contributed by atoms with Crippen LogP contribution in [0.3, 0.4) is 0 Å². The summed E-state index contributed by atoms with van der Waals surface area (Å²) in [6, 6.07) is 6.50. The highest BCUT2D eigenvalue weighted by Crippen LogP contribution is 2.18. The number of aliphatic hydroxyl groups excluding tert-OH is 1. The average molecular weight is 206 g/mol. The minimum absolute atomic E-state index is 0.0167. The maximum absolute atomic E-state index is 9.10. The second-order valence-electron chi connectivity index (χ2n) is 3.03. The van der Waals surface area contributed by atoms with Gasteiger partial charge in [0.1, 0.15) is 5.75 Å². The molecule has 2 rings (SSSR count). The van der Waals surface area contributed by atoms with Crippen LogP contribution in [0.2, 0.25) is 0 Å². The highest BCUT2D eigenvalue weighted by molar-refractivity contribution is 5.55. The minimum Gasteiger partial charge on any atom is -0.508 e. The first kappa shape index (κ1) is 9.67. The van der Waals surface area contributed by atoms with Crippen molar-refractivity contribution in [2.24, 2.45) is 0 Å². The van der Waals surface area contributed by atoms with E-state index in [9.17, 15) is 0 Å². The quantitative estimate of drug-likeness (QED) is 0.782. The van der Waals surface area contributed by atoms with Gasteiger partial charge in [0.2, 0.25) is 11.7 Å². The minimum atomic E-state index is -0.0167. The van der Waals surface area contributed by atoms with Gasteiger partial charge < -0.3 is 14.7 Å². The second-order valence-corrected chi connectivity index (χ2v) is 3.03. The molecule has 0 aliphatic heterocycles. The average Bonchev–Trinajstić information content (AvgIpc) is 2.68. The first-order valence-electron chi connectivity index (χ1n) is 4.52. The molecule has 1 aromatic heterocycles. The van der Waals surface area contributed by atoms with Crippen molar-refractivity contribution in [1.82, 2.24) is 10.1 Å². The standard InChI is InChI=1S/C10H10N2O3/c13-6-5-9-11-10(12-15-9)7-1-3-8(14)4-2-7/h1-4,13-14H,5-6H2. The van der Waals surface area contributed by atoms with Crippen molar-refractivity contribution in [1.29, 1.82) is 0 Å². The Labute approximate surface area is 86.0 Å². The molecule has 0 saturated carbocycles. The van der Waals surface area contributed by atoms with E-state index in [1.807, 2.05) is 0 Å². The summed E-state index contributed by atoms with van der Waals surface area (Å²) >= 11 is 0. The van der Waals surface area contributed by atoms with Crippen LogP contribution in [0.15, 0.2) is 28.8 Å². The van der Waals surface area contributed by atoms with Gasteiger partial charge in [-0.3, -0.25) is 0 Å². The molecule has 1 heterocycles. The number of nitrogens with zero attached hydrogens (tertiary/aromatic N) is 2. The van der Waals surface area contributed by atoms with Crippen LogP contribution in [0.25, 0.3) is 11.4 Å². The molecule has 0 aliphatic rings. The SMILES string of the molecule is OCCc1nc(-c2ccc(O)cc2)no1. The highest BCUT2D eigenvalue weighted by atomic mass is 16.5. The van der Waals surface area contributed by atoms with E-state index in [-0.39, 0.29) is 12.4 Å². The fraction of sp³-hybridized carbons (Fsp3) is 0.200. The fourth-order valence-corrected chi connectivity index (χ4v) is 1.18. The monoisotopic (exact) mass is 206 g/mol. The molecule has 78 valence electrons. The van der Waals surface area contributed by atoms with Crippen LogP contribution in [0, 0.1) is 0 Å². The summed E-state index contributed by atoms with van der Waals surface area (Å²) in [5.41, 5.74) is 0.765. The molecule has 5 nitrogen and oxygen atoms in total. The Kier molecular flexibility index (Phi) is 2.64. The van der Waals surface area contributed by atoms with E-state index in [2.05, 4.69) is 10.1 Å². The molecule has 0 bridgehead atoms. The lowest BCUT2D eigenvalue weighted by Crippen LogP contribution is -1.90. The van der Waals surface area contributed by atoms with E-state index in [1.54, 1.807) is 24.3 Å². The van der Waals surface area contributed by atoms with Crippen molar-refractivity contribution < 1.29 is 14.7 Å². The smallest absolute Gasteiger partial charge is 0.229 e. The van der Waals surface area contributed by atoms with Gasteiger partial charge in [-0.2, -0.15) is 4.98 Å². The van der Waals surface area contributed by atoms with Gasteiger partial charge in [-0.1, -0.05) is 5.16 Å². The van der Waals surface area contributed by atoms with Gasteiger partial charge in [0.25, 0.3) is 0 Å². The Balaban J connectivity index is 2.25. The molecule has 2 N–H and O–H groups in total. The zero-order valence-electron chi connectivity index (χ0n) is 7.92. The van der Waals surface area contributed by atoms with Crippen molar-refractivity contribution in [3.63, 3.8) is 0 Å². The normalized spacial score (nSPS) is 10.5. The van der Waals surface area contributed by atoms with E-state index >= 15 is 0 Å². The Morgan fingerprint density at radius 1 is 1.20 bits per heavy atom. The van der Waals surface area contributed by atoms with Crippen molar-refractivity contribution in [3.8, 4) is 17.1 Å². The summed E-state index contributed by atoms with van der Waals surface area (Å²) in [6.07, 6.45) is 0.352. The lowest BCUT2D eigenvalue weighted by atomic mass is 10.2. The zero-order valence-corrected chi connectivity index (χ0v) is 7.92. The van der Waals surface area contributed by atoms with E-state index in [0.29, 0.717) is 18.1 Å². The van der Waals surface area contributed by atoms with Crippen LogP contribution >= 0.6 is 0 Å². The summed E-state index contributed by atoms with van der Waals surface area (Å²) in [5, 5.41) is 21.5. The summed E-state index contributed by atoms with van der Waals surface area (Å²) < 4.78 is 4.91. The number of aliphatic hydroxyl groups is 1. The van der Waals surface area contributed by atoms with Gasteiger partial charge in [-0.15, -0.1) is 0 Å². The number of benzene rings is 1. The van der Waals surface area contributed by atoms with Gasteiger partial charge in [0.05, 0.1) is 13.0 Å². The lowest BCUT2D eigenvalue weighted by molar-refractivity contribution is 0.274. The molecular weight excluding hydrogens is 196 g/mol. The number of phenolic OH excluding ortho intramolecular Hbond substituents is 1. The third-order valence-corrected chi connectivity index (χ3v) is 1.92. The molecule has 0 spiro atoms. The predicted molar refractivity (Wildman–Crippen MR) is 52.2 cm³/mol. The Morgan fingerprint density at radius 2 is 1.93 bits per heavy atom. The van der Waals surface area contributed by atoms with Gasteiger partial charge in [0, 0.05) is 5.56 Å². The Bertz CT molecular complexity index is 436. The second kappa shape index (κ2) is 4.10. The molecule has 0 amide bonds. The number of aromatic nitrogens is 2. The third kappa shape index (κ3) is 2.13. The van der Waals surface area contributed by atoms with Gasteiger partial charge in [-0.05, 0) is 24.3 Å². The summed E-state index contributed by atoms with van der Waals surface area (Å²) in [5.74, 6) is 1.05. The number of hydrogen-bond donors (Lipinski definition) is 2. The zero-order chi connectivity index (χ0) is 10.7. The molecule has 0 unspecified atom stereocenters. The first-order chi connectivity index (χ1) is 7.29. The summed E-state index contributed by atoms with van der Waals surface area (Å²) in [4.78, 5) is 4.08. The topological polar surface area (TPSA) is 79.4 Å². The van der Waals surface area contributed by atoms with Crippen LogP contribution in [0.1, 0.15) is 5.89 Å². The van der Waals surface area contributed by atoms with Crippen LogP contribution in [0.5, 0.6) is 5.75 Å². The molecule has 0 atom stereocenters.